The van der Waals surface area contributed by atoms with Gasteiger partial charge in [0.2, 0.25) is 0 Å². The van der Waals surface area contributed by atoms with E-state index in [2.05, 4.69) is 179 Å². The normalized spacial score (nSPS) is 11.9. The molecule has 0 aliphatic heterocycles. The van der Waals surface area contributed by atoms with Gasteiger partial charge in [-0.25, -0.2) is 0 Å². The Morgan fingerprint density at radius 2 is 0.783 bits per heavy atom. The lowest BCUT2D eigenvalue weighted by atomic mass is 9.92. The topological polar surface area (TPSA) is 9.86 Å². The van der Waals surface area contributed by atoms with Crippen molar-refractivity contribution in [3.63, 3.8) is 0 Å². The zero-order valence-electron chi connectivity index (χ0n) is 25.1. The van der Waals surface area contributed by atoms with Gasteiger partial charge in [0, 0.05) is 32.9 Å². The second-order valence-corrected chi connectivity index (χ2v) is 12.2. The third-order valence-electron chi connectivity index (χ3n) is 9.66. The summed E-state index contributed by atoms with van der Waals surface area (Å²) in [6.45, 7) is 0. The van der Waals surface area contributed by atoms with E-state index in [1.807, 2.05) is 0 Å². The lowest BCUT2D eigenvalue weighted by Crippen LogP contribution is -1.93. The lowest BCUT2D eigenvalue weighted by molar-refractivity contribution is 1.18. The lowest BCUT2D eigenvalue weighted by Gasteiger charge is -2.13. The van der Waals surface area contributed by atoms with Crippen LogP contribution < -0.4 is 0 Å². The summed E-state index contributed by atoms with van der Waals surface area (Å²) in [5.41, 5.74) is 9.72. The predicted octanol–water partition coefficient (Wildman–Crippen LogP) is 11.9. The van der Waals surface area contributed by atoms with Crippen LogP contribution in [0.4, 0.5) is 0 Å². The molecule has 2 aromatic heterocycles. The molecule has 214 valence electrons. The molecule has 0 amide bonds. The summed E-state index contributed by atoms with van der Waals surface area (Å²) in [5, 5.41) is 10.2. The van der Waals surface area contributed by atoms with E-state index in [4.69, 9.17) is 0 Å². The van der Waals surface area contributed by atoms with Crippen LogP contribution in [-0.2, 0) is 0 Å². The molecule has 10 aromatic rings. The van der Waals surface area contributed by atoms with Crippen molar-refractivity contribution in [3.8, 4) is 22.5 Å². The molecule has 0 radical (unpaired) electrons. The molecule has 2 nitrogen and oxygen atoms in total. The van der Waals surface area contributed by atoms with Gasteiger partial charge in [-0.3, -0.25) is 0 Å². The smallest absolute Gasteiger partial charge is 0.0547 e. The second-order valence-electron chi connectivity index (χ2n) is 12.2. The van der Waals surface area contributed by atoms with Crippen molar-refractivity contribution < 1.29 is 0 Å². The second kappa shape index (κ2) is 9.69. The molecule has 8 aromatic carbocycles. The summed E-state index contributed by atoms with van der Waals surface area (Å²) >= 11 is 0. The van der Waals surface area contributed by atoms with Crippen LogP contribution in [0.15, 0.2) is 170 Å². The van der Waals surface area contributed by atoms with Crippen LogP contribution in [0.1, 0.15) is 0 Å². The molecule has 10 rings (SSSR count). The Hall–Kier alpha value is -6.12. The molecular weight excluding hydrogens is 556 g/mol. The van der Waals surface area contributed by atoms with Crippen molar-refractivity contribution >= 4 is 65.2 Å². The Kier molecular flexibility index (Phi) is 5.31. The summed E-state index contributed by atoms with van der Waals surface area (Å²) in [4.78, 5) is 0. The molecule has 0 saturated carbocycles. The first-order chi connectivity index (χ1) is 22.8. The van der Waals surface area contributed by atoms with Crippen molar-refractivity contribution in [1.82, 2.24) is 9.13 Å². The largest absolute Gasteiger partial charge is 0.309 e. The Bertz CT molecular complexity index is 2780. The predicted molar refractivity (Wildman–Crippen MR) is 196 cm³/mol. The number of fused-ring (bicyclic) bond motifs is 9. The number of benzene rings is 8. The van der Waals surface area contributed by atoms with E-state index in [1.54, 1.807) is 0 Å². The van der Waals surface area contributed by atoms with Crippen molar-refractivity contribution in [1.29, 1.82) is 0 Å². The maximum atomic E-state index is 2.41. The van der Waals surface area contributed by atoms with E-state index in [0.717, 1.165) is 0 Å². The number of nitrogens with zero attached hydrogens (tertiary/aromatic N) is 2. The van der Waals surface area contributed by atoms with Crippen molar-refractivity contribution in [2.45, 2.75) is 0 Å². The van der Waals surface area contributed by atoms with Crippen LogP contribution in [0.5, 0.6) is 0 Å². The SMILES string of the molecule is c1ccc(-n2c3ccccc3c3cc(-c4cc5cc6c(cc5c5ccccc45)c4ccccc4n6-c4ccccc4)ccc32)cc1. The molecule has 0 aliphatic carbocycles. The average Bonchev–Trinajstić information content (AvgIpc) is 3.63. The molecule has 2 heteroatoms. The van der Waals surface area contributed by atoms with Crippen LogP contribution in [0.3, 0.4) is 0 Å². The van der Waals surface area contributed by atoms with Crippen LogP contribution in [0, 0.1) is 0 Å². The highest BCUT2D eigenvalue weighted by Gasteiger charge is 2.17. The summed E-state index contributed by atoms with van der Waals surface area (Å²) in [7, 11) is 0. The summed E-state index contributed by atoms with van der Waals surface area (Å²) in [6, 6.07) is 62.0. The first kappa shape index (κ1) is 25.2. The molecule has 0 bridgehead atoms. The van der Waals surface area contributed by atoms with Crippen molar-refractivity contribution in [3.05, 3.63) is 170 Å². The van der Waals surface area contributed by atoms with Gasteiger partial charge in [0.15, 0.2) is 0 Å². The fourth-order valence-electron chi connectivity index (χ4n) is 7.66. The maximum absolute atomic E-state index is 2.41. The average molecular weight is 585 g/mol. The van der Waals surface area contributed by atoms with E-state index in [1.165, 1.54) is 87.7 Å². The summed E-state index contributed by atoms with van der Waals surface area (Å²) in [6.07, 6.45) is 0. The minimum Gasteiger partial charge on any atom is -0.309 e. The van der Waals surface area contributed by atoms with Gasteiger partial charge in [0.1, 0.15) is 0 Å². The minimum atomic E-state index is 1.18. The fraction of sp³-hybridized carbons (Fsp3) is 0. The minimum absolute atomic E-state index is 1.18. The van der Waals surface area contributed by atoms with Gasteiger partial charge in [-0.2, -0.15) is 0 Å². The third-order valence-corrected chi connectivity index (χ3v) is 9.66. The van der Waals surface area contributed by atoms with E-state index in [-0.39, 0.29) is 0 Å². The number of hydrogen-bond acceptors (Lipinski definition) is 0. The summed E-state index contributed by atoms with van der Waals surface area (Å²) in [5.74, 6) is 0. The van der Waals surface area contributed by atoms with E-state index >= 15 is 0 Å². The molecule has 0 saturated heterocycles. The zero-order valence-corrected chi connectivity index (χ0v) is 25.1. The molecule has 0 spiro atoms. The standard InChI is InChI=1S/C44H28N2/c1-3-13-31(14-4-1)45-41-21-11-9-19-35(41)39-25-29(23-24-43(39)45)37-26-30-27-44-40(28-38(30)34-18-8-7-17-33(34)37)36-20-10-12-22-42(36)46(44)32-15-5-2-6-16-32/h1-28H. The quantitative estimate of drug-likeness (QED) is 0.183. The molecule has 0 atom stereocenters. The van der Waals surface area contributed by atoms with Crippen LogP contribution in [0.2, 0.25) is 0 Å². The summed E-state index contributed by atoms with van der Waals surface area (Å²) < 4.78 is 4.79. The van der Waals surface area contributed by atoms with Gasteiger partial charge in [-0.1, -0.05) is 103 Å². The Morgan fingerprint density at radius 3 is 1.43 bits per heavy atom. The fourth-order valence-corrected chi connectivity index (χ4v) is 7.66. The van der Waals surface area contributed by atoms with E-state index in [0.29, 0.717) is 0 Å². The van der Waals surface area contributed by atoms with Gasteiger partial charge in [0.05, 0.1) is 22.1 Å². The number of rotatable bonds is 3. The highest BCUT2D eigenvalue weighted by Crippen LogP contribution is 2.42. The van der Waals surface area contributed by atoms with Crippen LogP contribution in [0.25, 0.3) is 87.7 Å². The number of para-hydroxylation sites is 4. The molecule has 46 heavy (non-hydrogen) atoms. The van der Waals surface area contributed by atoms with Crippen LogP contribution in [-0.4, -0.2) is 9.13 Å². The Morgan fingerprint density at radius 1 is 0.283 bits per heavy atom. The molecule has 2 heterocycles. The van der Waals surface area contributed by atoms with Crippen molar-refractivity contribution in [2.75, 3.05) is 0 Å². The highest BCUT2D eigenvalue weighted by molar-refractivity contribution is 6.21. The number of hydrogen-bond donors (Lipinski definition) is 0. The van der Waals surface area contributed by atoms with E-state index in [9.17, 15) is 0 Å². The van der Waals surface area contributed by atoms with Crippen molar-refractivity contribution in [2.24, 2.45) is 0 Å². The maximum Gasteiger partial charge on any atom is 0.0547 e. The van der Waals surface area contributed by atoms with Gasteiger partial charge >= 0.3 is 0 Å². The van der Waals surface area contributed by atoms with Crippen LogP contribution >= 0.6 is 0 Å². The third kappa shape index (κ3) is 3.59. The van der Waals surface area contributed by atoms with Gasteiger partial charge in [-0.15, -0.1) is 0 Å². The van der Waals surface area contributed by atoms with E-state index < -0.39 is 0 Å². The molecule has 0 aliphatic rings. The first-order valence-electron chi connectivity index (χ1n) is 15.9. The molecule has 0 fully saturated rings. The van der Waals surface area contributed by atoms with Gasteiger partial charge < -0.3 is 9.13 Å². The zero-order chi connectivity index (χ0) is 30.2. The van der Waals surface area contributed by atoms with Gasteiger partial charge in [0.25, 0.3) is 0 Å². The monoisotopic (exact) mass is 584 g/mol. The highest BCUT2D eigenvalue weighted by atomic mass is 15.0. The first-order valence-corrected chi connectivity index (χ1v) is 15.9. The molecule has 0 N–H and O–H groups in total. The molecular formula is C44H28N2. The Labute approximate surface area is 266 Å². The number of aromatic nitrogens is 2. The molecule has 0 unspecified atom stereocenters. The van der Waals surface area contributed by atoms with Gasteiger partial charge in [-0.05, 0) is 99.4 Å². The Balaban J connectivity index is 1.28.